The largest absolute Gasteiger partial charge is 0.495 e. The van der Waals surface area contributed by atoms with E-state index < -0.39 is 15.0 Å². The van der Waals surface area contributed by atoms with Crippen molar-refractivity contribution in [2.75, 3.05) is 25.6 Å². The summed E-state index contributed by atoms with van der Waals surface area (Å²) in [5.41, 5.74) is 0.222. The molecule has 20 heavy (non-hydrogen) atoms. The molecule has 0 aliphatic heterocycles. The average Bonchev–Trinajstić information content (AvgIpc) is 2.38. The molecule has 1 aromatic rings. The molecular formula is C12H16ClNO5S. The Bertz CT molecular complexity index is 573. The molecule has 0 heterocycles. The first-order chi connectivity index (χ1) is 9.38. The van der Waals surface area contributed by atoms with Gasteiger partial charge in [-0.25, -0.2) is 8.42 Å². The Hall–Kier alpha value is -1.31. The fourth-order valence-corrected chi connectivity index (χ4v) is 2.21. The van der Waals surface area contributed by atoms with Gasteiger partial charge in [0.15, 0.2) is 0 Å². The predicted molar refractivity (Wildman–Crippen MR) is 75.8 cm³/mol. The molecule has 0 radical (unpaired) electrons. The molecule has 1 N–H and O–H groups in total. The Morgan fingerprint density at radius 1 is 1.40 bits per heavy atom. The number of rotatable bonds is 7. The van der Waals surface area contributed by atoms with E-state index >= 15 is 0 Å². The lowest BCUT2D eigenvalue weighted by atomic mass is 10.3. The highest BCUT2D eigenvalue weighted by molar-refractivity contribution is 8.13. The molecule has 0 bridgehead atoms. The van der Waals surface area contributed by atoms with Gasteiger partial charge in [0.05, 0.1) is 17.7 Å². The van der Waals surface area contributed by atoms with Crippen molar-refractivity contribution in [1.29, 1.82) is 0 Å². The third-order valence-corrected chi connectivity index (χ3v) is 3.66. The van der Waals surface area contributed by atoms with E-state index in [1.165, 1.54) is 25.3 Å². The summed E-state index contributed by atoms with van der Waals surface area (Å²) < 4.78 is 32.7. The van der Waals surface area contributed by atoms with Gasteiger partial charge in [0.2, 0.25) is 5.91 Å². The van der Waals surface area contributed by atoms with Gasteiger partial charge in [-0.15, -0.1) is 0 Å². The van der Waals surface area contributed by atoms with Gasteiger partial charge in [-0.3, -0.25) is 4.79 Å². The summed E-state index contributed by atoms with van der Waals surface area (Å²) in [6.07, 6.45) is 0.802. The van der Waals surface area contributed by atoms with Crippen molar-refractivity contribution in [3.05, 3.63) is 18.2 Å². The molecule has 0 unspecified atom stereocenters. The summed E-state index contributed by atoms with van der Waals surface area (Å²) in [7, 11) is 2.80. The van der Waals surface area contributed by atoms with Crippen LogP contribution >= 0.6 is 10.7 Å². The Labute approximate surface area is 122 Å². The summed E-state index contributed by atoms with van der Waals surface area (Å²) in [6.45, 7) is 2.28. The van der Waals surface area contributed by atoms with E-state index in [0.29, 0.717) is 12.4 Å². The van der Waals surface area contributed by atoms with Crippen molar-refractivity contribution in [2.24, 2.45) is 0 Å². The van der Waals surface area contributed by atoms with E-state index in [4.69, 9.17) is 20.2 Å². The standard InChI is InChI=1S/C12H16ClNO5S/c1-3-6-19-8-12(15)14-10-7-9(20(13,16)17)4-5-11(10)18-2/h4-5,7H,3,6,8H2,1-2H3,(H,14,15). The predicted octanol–water partition coefficient (Wildman–Crippen LogP) is 1.99. The van der Waals surface area contributed by atoms with Crippen molar-refractivity contribution < 1.29 is 22.7 Å². The first-order valence-electron chi connectivity index (χ1n) is 5.88. The second kappa shape index (κ2) is 7.47. The van der Waals surface area contributed by atoms with Crippen LogP contribution in [0.1, 0.15) is 13.3 Å². The van der Waals surface area contributed by atoms with Crippen LogP contribution < -0.4 is 10.1 Å². The van der Waals surface area contributed by atoms with Crippen LogP contribution in [-0.4, -0.2) is 34.6 Å². The van der Waals surface area contributed by atoms with Gasteiger partial charge < -0.3 is 14.8 Å². The zero-order valence-corrected chi connectivity index (χ0v) is 12.8. The van der Waals surface area contributed by atoms with Crippen molar-refractivity contribution >= 4 is 31.3 Å². The number of nitrogens with one attached hydrogen (secondary N) is 1. The van der Waals surface area contributed by atoms with Gasteiger partial charge in [0, 0.05) is 17.3 Å². The first kappa shape index (κ1) is 16.7. The third kappa shape index (κ3) is 4.99. The first-order valence-corrected chi connectivity index (χ1v) is 8.19. The van der Waals surface area contributed by atoms with Crippen molar-refractivity contribution in [3.8, 4) is 5.75 Å². The number of methoxy groups -OCH3 is 1. The molecule has 0 atom stereocenters. The number of anilines is 1. The molecule has 0 aliphatic carbocycles. The number of hydrogen-bond donors (Lipinski definition) is 1. The van der Waals surface area contributed by atoms with Gasteiger partial charge in [0.25, 0.3) is 9.05 Å². The Kier molecular flexibility index (Phi) is 6.25. The molecule has 0 saturated heterocycles. The number of hydrogen-bond acceptors (Lipinski definition) is 5. The minimum atomic E-state index is -3.87. The van der Waals surface area contributed by atoms with Crippen LogP contribution in [0.3, 0.4) is 0 Å². The molecular weight excluding hydrogens is 306 g/mol. The Balaban J connectivity index is 2.89. The number of ether oxygens (including phenoxy) is 2. The van der Waals surface area contributed by atoms with Gasteiger partial charge >= 0.3 is 0 Å². The highest BCUT2D eigenvalue weighted by Crippen LogP contribution is 2.28. The van der Waals surface area contributed by atoms with Crippen LogP contribution in [0.4, 0.5) is 5.69 Å². The highest BCUT2D eigenvalue weighted by atomic mass is 35.7. The van der Waals surface area contributed by atoms with Crippen LogP contribution in [0.2, 0.25) is 0 Å². The van der Waals surface area contributed by atoms with Crippen LogP contribution in [0.25, 0.3) is 0 Å². The fourth-order valence-electron chi connectivity index (χ4n) is 1.43. The van der Waals surface area contributed by atoms with Crippen LogP contribution in [0.15, 0.2) is 23.1 Å². The lowest BCUT2D eigenvalue weighted by Gasteiger charge is -2.11. The van der Waals surface area contributed by atoms with Gasteiger partial charge in [-0.05, 0) is 24.6 Å². The molecule has 112 valence electrons. The summed E-state index contributed by atoms with van der Waals surface area (Å²) in [6, 6.07) is 3.95. The minimum absolute atomic E-state index is 0.116. The summed E-state index contributed by atoms with van der Waals surface area (Å²) in [4.78, 5) is 11.5. The fraction of sp³-hybridized carbons (Fsp3) is 0.417. The molecule has 1 amide bonds. The molecule has 0 fully saturated rings. The number of benzene rings is 1. The zero-order chi connectivity index (χ0) is 15.2. The van der Waals surface area contributed by atoms with Gasteiger partial charge in [-0.1, -0.05) is 6.92 Å². The average molecular weight is 322 g/mol. The lowest BCUT2D eigenvalue weighted by molar-refractivity contribution is -0.120. The quantitative estimate of drug-likeness (QED) is 0.613. The third-order valence-electron chi connectivity index (χ3n) is 2.31. The Morgan fingerprint density at radius 2 is 2.10 bits per heavy atom. The molecule has 0 spiro atoms. The van der Waals surface area contributed by atoms with E-state index in [-0.39, 0.29) is 17.2 Å². The van der Waals surface area contributed by atoms with E-state index in [1.807, 2.05) is 6.92 Å². The summed E-state index contributed by atoms with van der Waals surface area (Å²) in [5, 5.41) is 2.52. The monoisotopic (exact) mass is 321 g/mol. The second-order valence-electron chi connectivity index (χ2n) is 3.90. The molecule has 0 aromatic heterocycles. The van der Waals surface area contributed by atoms with Crippen LogP contribution in [-0.2, 0) is 18.6 Å². The summed E-state index contributed by atoms with van der Waals surface area (Å²) in [5.74, 6) is -0.0706. The van der Waals surface area contributed by atoms with E-state index in [1.54, 1.807) is 0 Å². The zero-order valence-electron chi connectivity index (χ0n) is 11.2. The Morgan fingerprint density at radius 3 is 2.65 bits per heavy atom. The second-order valence-corrected chi connectivity index (χ2v) is 6.47. The maximum absolute atomic E-state index is 11.6. The molecule has 6 nitrogen and oxygen atoms in total. The van der Waals surface area contributed by atoms with E-state index in [2.05, 4.69) is 5.32 Å². The molecule has 0 aliphatic rings. The van der Waals surface area contributed by atoms with Crippen LogP contribution in [0.5, 0.6) is 5.75 Å². The number of halogens is 1. The molecule has 1 rings (SSSR count). The van der Waals surface area contributed by atoms with Crippen molar-refractivity contribution in [2.45, 2.75) is 18.2 Å². The molecule has 8 heteroatoms. The number of amides is 1. The molecule has 0 saturated carbocycles. The van der Waals surface area contributed by atoms with Crippen molar-refractivity contribution in [1.82, 2.24) is 0 Å². The summed E-state index contributed by atoms with van der Waals surface area (Å²) >= 11 is 0. The van der Waals surface area contributed by atoms with Crippen LogP contribution in [0, 0.1) is 0 Å². The molecule has 1 aromatic carbocycles. The SMILES string of the molecule is CCCOCC(=O)Nc1cc(S(=O)(=O)Cl)ccc1OC. The van der Waals surface area contributed by atoms with E-state index in [0.717, 1.165) is 6.42 Å². The van der Waals surface area contributed by atoms with Crippen molar-refractivity contribution in [3.63, 3.8) is 0 Å². The van der Waals surface area contributed by atoms with Gasteiger partial charge in [0.1, 0.15) is 12.4 Å². The van der Waals surface area contributed by atoms with E-state index in [9.17, 15) is 13.2 Å². The normalized spacial score (nSPS) is 11.2. The minimum Gasteiger partial charge on any atom is -0.495 e. The lowest BCUT2D eigenvalue weighted by Crippen LogP contribution is -2.19. The highest BCUT2D eigenvalue weighted by Gasteiger charge is 2.15. The smallest absolute Gasteiger partial charge is 0.261 e. The maximum Gasteiger partial charge on any atom is 0.261 e. The topological polar surface area (TPSA) is 81.7 Å². The number of carbonyl (C=O) groups excluding carboxylic acids is 1. The number of carbonyl (C=O) groups is 1. The van der Waals surface area contributed by atoms with Gasteiger partial charge in [-0.2, -0.15) is 0 Å². The maximum atomic E-state index is 11.6.